The van der Waals surface area contributed by atoms with E-state index in [2.05, 4.69) is 16.0 Å². The molecular weight excluding hydrogens is 470 g/mol. The van der Waals surface area contributed by atoms with Crippen LogP contribution in [0.4, 0.5) is 0 Å². The van der Waals surface area contributed by atoms with Crippen LogP contribution in [0.15, 0.2) is 0 Å². The summed E-state index contributed by atoms with van der Waals surface area (Å²) in [5.41, 5.74) is 10.5. The first kappa shape index (κ1) is 31.2. The summed E-state index contributed by atoms with van der Waals surface area (Å²) in [6.45, 7) is 3.28. The van der Waals surface area contributed by atoms with Crippen LogP contribution in [0.25, 0.3) is 0 Å². The van der Waals surface area contributed by atoms with Crippen molar-refractivity contribution in [2.75, 3.05) is 0 Å². The Labute approximate surface area is 201 Å². The van der Waals surface area contributed by atoms with Gasteiger partial charge in [0.1, 0.15) is 18.1 Å². The summed E-state index contributed by atoms with van der Waals surface area (Å²) in [7, 11) is 0. The highest BCUT2D eigenvalue weighted by molar-refractivity contribution is 5.95. The van der Waals surface area contributed by atoms with Gasteiger partial charge >= 0.3 is 17.9 Å². The van der Waals surface area contributed by atoms with Gasteiger partial charge in [-0.25, -0.2) is 4.79 Å². The Hall–Kier alpha value is -3.75. The zero-order valence-corrected chi connectivity index (χ0v) is 19.5. The van der Waals surface area contributed by atoms with Crippen molar-refractivity contribution in [1.82, 2.24) is 16.0 Å². The average molecular weight is 504 g/mol. The Balaban J connectivity index is 5.70. The van der Waals surface area contributed by atoms with Crippen LogP contribution in [0.3, 0.4) is 0 Å². The molecule has 0 aromatic rings. The van der Waals surface area contributed by atoms with Gasteiger partial charge in [0, 0.05) is 12.8 Å². The van der Waals surface area contributed by atoms with Gasteiger partial charge in [0.05, 0.1) is 12.5 Å². The van der Waals surface area contributed by atoms with Gasteiger partial charge in [-0.1, -0.05) is 20.3 Å². The summed E-state index contributed by atoms with van der Waals surface area (Å²) in [6.07, 6.45) is -2.11. The molecule has 198 valence electrons. The number of carbonyl (C=O) groups is 7. The van der Waals surface area contributed by atoms with Crippen LogP contribution in [-0.4, -0.2) is 81.0 Å². The second-order valence-electron chi connectivity index (χ2n) is 7.97. The number of rotatable bonds is 17. The number of primary amides is 1. The van der Waals surface area contributed by atoms with Gasteiger partial charge < -0.3 is 42.7 Å². The maximum atomic E-state index is 12.8. The van der Waals surface area contributed by atoms with Gasteiger partial charge in [0.25, 0.3) is 0 Å². The van der Waals surface area contributed by atoms with Gasteiger partial charge in [0.2, 0.25) is 23.6 Å². The lowest BCUT2D eigenvalue weighted by atomic mass is 9.98. The van der Waals surface area contributed by atoms with Crippen molar-refractivity contribution in [1.29, 1.82) is 0 Å². The zero-order valence-electron chi connectivity index (χ0n) is 19.5. The number of nitrogens with one attached hydrogen (secondary N) is 3. The van der Waals surface area contributed by atoms with E-state index >= 15 is 0 Å². The number of carboxylic acid groups (broad SMARTS) is 3. The molecule has 0 saturated heterocycles. The first-order valence-corrected chi connectivity index (χ1v) is 10.8. The summed E-state index contributed by atoms with van der Waals surface area (Å²) >= 11 is 0. The molecule has 10 N–H and O–H groups in total. The van der Waals surface area contributed by atoms with Crippen molar-refractivity contribution in [2.45, 2.75) is 76.5 Å². The molecule has 0 aromatic heterocycles. The molecule has 15 nitrogen and oxygen atoms in total. The molecule has 0 fully saturated rings. The average Bonchev–Trinajstić information content (AvgIpc) is 2.75. The van der Waals surface area contributed by atoms with Crippen LogP contribution < -0.4 is 27.4 Å². The summed E-state index contributed by atoms with van der Waals surface area (Å²) in [4.78, 5) is 82.2. The van der Waals surface area contributed by atoms with Crippen molar-refractivity contribution < 1.29 is 48.9 Å². The predicted molar refractivity (Wildman–Crippen MR) is 118 cm³/mol. The summed E-state index contributed by atoms with van der Waals surface area (Å²) in [6, 6.07) is -5.76. The highest BCUT2D eigenvalue weighted by Crippen LogP contribution is 2.10. The molecule has 0 heterocycles. The van der Waals surface area contributed by atoms with Crippen LogP contribution in [0, 0.1) is 5.92 Å². The number of amides is 4. The van der Waals surface area contributed by atoms with E-state index in [1.807, 2.05) is 0 Å². The lowest BCUT2D eigenvalue weighted by Gasteiger charge is -2.26. The molecule has 0 aliphatic heterocycles. The van der Waals surface area contributed by atoms with E-state index in [0.717, 1.165) is 0 Å². The fourth-order valence-electron chi connectivity index (χ4n) is 2.87. The molecule has 0 radical (unpaired) electrons. The number of hydrogen-bond donors (Lipinski definition) is 8. The first-order valence-electron chi connectivity index (χ1n) is 10.8. The largest absolute Gasteiger partial charge is 0.481 e. The number of nitrogens with two attached hydrogens (primary N) is 2. The molecule has 4 amide bonds. The summed E-state index contributed by atoms with van der Waals surface area (Å²) in [5, 5.41) is 34.0. The molecule has 35 heavy (non-hydrogen) atoms. The van der Waals surface area contributed by atoms with Crippen LogP contribution in [0.2, 0.25) is 0 Å². The smallest absolute Gasteiger partial charge is 0.326 e. The second kappa shape index (κ2) is 15.2. The van der Waals surface area contributed by atoms with Crippen molar-refractivity contribution in [3.8, 4) is 0 Å². The van der Waals surface area contributed by atoms with Gasteiger partial charge in [-0.15, -0.1) is 0 Å². The fourth-order valence-corrected chi connectivity index (χ4v) is 2.87. The molecular formula is C20H33N5O10. The van der Waals surface area contributed by atoms with E-state index in [9.17, 15) is 38.7 Å². The Morgan fingerprint density at radius 3 is 1.57 bits per heavy atom. The Morgan fingerprint density at radius 2 is 1.20 bits per heavy atom. The minimum Gasteiger partial charge on any atom is -0.481 e. The molecule has 0 bridgehead atoms. The topological polar surface area (TPSA) is 268 Å². The SMILES string of the molecule is CCC(C)C(NC(=O)C(CCC(=O)O)NC(=O)C(CCC(=O)O)NC(=O)C(N)CC(N)=O)C(=O)O. The van der Waals surface area contributed by atoms with E-state index in [1.54, 1.807) is 13.8 Å². The fraction of sp³-hybridized carbons (Fsp3) is 0.650. The molecule has 0 saturated carbocycles. The van der Waals surface area contributed by atoms with Crippen molar-refractivity contribution in [2.24, 2.45) is 17.4 Å². The van der Waals surface area contributed by atoms with Crippen molar-refractivity contribution >= 4 is 41.5 Å². The number of carboxylic acids is 3. The molecule has 0 aliphatic carbocycles. The number of aliphatic carboxylic acids is 3. The Bertz CT molecular complexity index is 818. The third kappa shape index (κ3) is 12.3. The minimum atomic E-state index is -1.51. The maximum Gasteiger partial charge on any atom is 0.326 e. The summed E-state index contributed by atoms with van der Waals surface area (Å²) in [5.74, 6) is -8.28. The minimum absolute atomic E-state index is 0.401. The number of hydrogen-bond acceptors (Lipinski definition) is 8. The Kier molecular flexibility index (Phi) is 13.6. The van der Waals surface area contributed by atoms with Crippen LogP contribution in [-0.2, 0) is 33.6 Å². The quantitative estimate of drug-likeness (QED) is 0.103. The van der Waals surface area contributed by atoms with E-state index in [4.69, 9.17) is 21.7 Å². The molecule has 5 atom stereocenters. The first-order chi connectivity index (χ1) is 16.2. The molecule has 0 aliphatic rings. The second-order valence-corrected chi connectivity index (χ2v) is 7.97. The van der Waals surface area contributed by atoms with Gasteiger partial charge in [-0.2, -0.15) is 0 Å². The van der Waals surface area contributed by atoms with E-state index < -0.39 is 104 Å². The highest BCUT2D eigenvalue weighted by Gasteiger charge is 2.32. The highest BCUT2D eigenvalue weighted by atomic mass is 16.4. The van der Waals surface area contributed by atoms with Gasteiger partial charge in [-0.05, 0) is 18.8 Å². The zero-order chi connectivity index (χ0) is 27.3. The molecule has 5 unspecified atom stereocenters. The van der Waals surface area contributed by atoms with E-state index in [0.29, 0.717) is 6.42 Å². The van der Waals surface area contributed by atoms with Gasteiger partial charge in [-0.3, -0.25) is 28.8 Å². The molecule has 15 heteroatoms. The summed E-state index contributed by atoms with van der Waals surface area (Å²) < 4.78 is 0. The van der Waals surface area contributed by atoms with Crippen molar-refractivity contribution in [3.05, 3.63) is 0 Å². The standard InChI is InChI=1S/C20H33N5O10/c1-3-9(2)16(20(34)35)25-19(33)12(5-7-15(29)30)24-18(32)11(4-6-14(27)28)23-17(31)10(21)8-13(22)26/h9-12,16H,3-8,21H2,1-2H3,(H2,22,26)(H,23,31)(H,24,32)(H,25,33)(H,27,28)(H,29,30)(H,34,35). The van der Waals surface area contributed by atoms with Crippen molar-refractivity contribution in [3.63, 3.8) is 0 Å². The molecule has 0 rings (SSSR count). The maximum absolute atomic E-state index is 12.8. The van der Waals surface area contributed by atoms with E-state index in [-0.39, 0.29) is 0 Å². The normalized spacial score (nSPS) is 14.9. The van der Waals surface area contributed by atoms with Crippen LogP contribution >= 0.6 is 0 Å². The third-order valence-electron chi connectivity index (χ3n) is 5.09. The van der Waals surface area contributed by atoms with Crippen LogP contribution in [0.1, 0.15) is 52.4 Å². The Morgan fingerprint density at radius 1 is 0.771 bits per heavy atom. The van der Waals surface area contributed by atoms with E-state index in [1.165, 1.54) is 0 Å². The third-order valence-corrected chi connectivity index (χ3v) is 5.09. The molecule has 0 aromatic carbocycles. The monoisotopic (exact) mass is 503 g/mol. The number of carbonyl (C=O) groups excluding carboxylic acids is 4. The molecule has 0 spiro atoms. The predicted octanol–water partition coefficient (Wildman–Crippen LogP) is -2.50. The van der Waals surface area contributed by atoms with Crippen LogP contribution in [0.5, 0.6) is 0 Å². The van der Waals surface area contributed by atoms with Gasteiger partial charge in [0.15, 0.2) is 0 Å². The lowest BCUT2D eigenvalue weighted by Crippen LogP contribution is -2.58. The lowest BCUT2D eigenvalue weighted by molar-refractivity contribution is -0.144.